The lowest BCUT2D eigenvalue weighted by atomic mass is 9.88. The summed E-state index contributed by atoms with van der Waals surface area (Å²) in [5, 5.41) is 6.02. The first-order valence-electron chi connectivity index (χ1n) is 8.20. The average molecular weight is 390 g/mol. The van der Waals surface area contributed by atoms with Gasteiger partial charge in [0.05, 0.1) is 4.90 Å². The fraction of sp³-hybridized carbons (Fsp3) is 0.588. The van der Waals surface area contributed by atoms with Crippen LogP contribution in [0.15, 0.2) is 29.2 Å². The first kappa shape index (κ1) is 21.9. The molecule has 0 bridgehead atoms. The van der Waals surface area contributed by atoms with Crippen molar-refractivity contribution >= 4 is 28.3 Å². The van der Waals surface area contributed by atoms with Gasteiger partial charge in [0.25, 0.3) is 0 Å². The molecule has 0 aliphatic carbocycles. The Morgan fingerprint density at radius 1 is 1.28 bits per heavy atom. The Bertz CT molecular complexity index is 697. The van der Waals surface area contributed by atoms with E-state index in [1.165, 1.54) is 0 Å². The Labute approximate surface area is 156 Å². The summed E-state index contributed by atoms with van der Waals surface area (Å²) in [5.74, 6) is 0.228. The maximum atomic E-state index is 12.6. The molecule has 1 fully saturated rings. The Morgan fingerprint density at radius 2 is 1.88 bits per heavy atom. The molecule has 6 nitrogen and oxygen atoms in total. The van der Waals surface area contributed by atoms with Gasteiger partial charge in [0, 0.05) is 18.0 Å². The molecule has 0 spiro atoms. The van der Waals surface area contributed by atoms with Crippen molar-refractivity contribution in [2.75, 3.05) is 13.1 Å². The van der Waals surface area contributed by atoms with Gasteiger partial charge < -0.3 is 10.6 Å². The van der Waals surface area contributed by atoms with Crippen molar-refractivity contribution in [1.29, 1.82) is 0 Å². The SMILES string of the molecule is CC(C(=O)NCc1ccccc1S(=O)(=O)NC(C)(C)C)C1CNC1.Cl. The van der Waals surface area contributed by atoms with E-state index >= 15 is 0 Å². The van der Waals surface area contributed by atoms with Crippen molar-refractivity contribution in [1.82, 2.24) is 15.4 Å². The van der Waals surface area contributed by atoms with E-state index in [1.54, 1.807) is 45.0 Å². The zero-order chi connectivity index (χ0) is 18.0. The third kappa shape index (κ3) is 5.95. The quantitative estimate of drug-likeness (QED) is 0.690. The normalized spacial score (nSPS) is 16.5. The molecule has 0 saturated carbocycles. The van der Waals surface area contributed by atoms with Crippen molar-refractivity contribution in [2.45, 2.75) is 44.7 Å². The second-order valence-corrected chi connectivity index (χ2v) is 9.04. The number of carbonyl (C=O) groups is 1. The minimum absolute atomic E-state index is 0. The molecule has 1 atom stereocenters. The molecule has 1 saturated heterocycles. The summed E-state index contributed by atoms with van der Waals surface area (Å²) in [4.78, 5) is 12.4. The number of nitrogens with one attached hydrogen (secondary N) is 3. The molecule has 1 unspecified atom stereocenters. The van der Waals surface area contributed by atoms with Crippen LogP contribution in [0.1, 0.15) is 33.3 Å². The highest BCUT2D eigenvalue weighted by molar-refractivity contribution is 7.89. The van der Waals surface area contributed by atoms with Gasteiger partial charge in [-0.15, -0.1) is 12.4 Å². The maximum absolute atomic E-state index is 12.6. The van der Waals surface area contributed by atoms with E-state index in [4.69, 9.17) is 0 Å². The Morgan fingerprint density at radius 3 is 2.40 bits per heavy atom. The molecule has 1 aromatic carbocycles. The van der Waals surface area contributed by atoms with Crippen molar-refractivity contribution in [3.05, 3.63) is 29.8 Å². The highest BCUT2D eigenvalue weighted by Gasteiger charge is 2.29. The van der Waals surface area contributed by atoms with Gasteiger partial charge in [0.2, 0.25) is 15.9 Å². The summed E-state index contributed by atoms with van der Waals surface area (Å²) in [6, 6.07) is 6.75. The van der Waals surface area contributed by atoms with Crippen LogP contribution in [0.5, 0.6) is 0 Å². The molecule has 142 valence electrons. The van der Waals surface area contributed by atoms with Gasteiger partial charge in [0.1, 0.15) is 0 Å². The smallest absolute Gasteiger partial charge is 0.241 e. The van der Waals surface area contributed by atoms with E-state index in [1.807, 2.05) is 6.92 Å². The van der Waals surface area contributed by atoms with E-state index in [0.717, 1.165) is 13.1 Å². The molecule has 1 heterocycles. The van der Waals surface area contributed by atoms with Crippen molar-refractivity contribution < 1.29 is 13.2 Å². The van der Waals surface area contributed by atoms with Crippen molar-refractivity contribution in [3.63, 3.8) is 0 Å². The molecular weight excluding hydrogens is 362 g/mol. The van der Waals surface area contributed by atoms with Crippen LogP contribution in [0.2, 0.25) is 0 Å². The number of hydrogen-bond acceptors (Lipinski definition) is 4. The Kier molecular flexibility index (Phi) is 7.43. The van der Waals surface area contributed by atoms with Crippen LogP contribution >= 0.6 is 12.4 Å². The van der Waals surface area contributed by atoms with Gasteiger partial charge in [0.15, 0.2) is 0 Å². The lowest BCUT2D eigenvalue weighted by Crippen LogP contribution is -2.49. The van der Waals surface area contributed by atoms with Gasteiger partial charge in [-0.05, 0) is 51.4 Å². The minimum Gasteiger partial charge on any atom is -0.352 e. The van der Waals surface area contributed by atoms with Gasteiger partial charge in [-0.25, -0.2) is 13.1 Å². The lowest BCUT2D eigenvalue weighted by Gasteiger charge is -2.31. The summed E-state index contributed by atoms with van der Waals surface area (Å²) in [5.41, 5.74) is 0.0162. The molecule has 1 amide bonds. The van der Waals surface area contributed by atoms with Crippen molar-refractivity contribution in [3.8, 4) is 0 Å². The molecule has 25 heavy (non-hydrogen) atoms. The third-order valence-corrected chi connectivity index (χ3v) is 5.95. The van der Waals surface area contributed by atoms with Crippen LogP contribution in [0.4, 0.5) is 0 Å². The highest BCUT2D eigenvalue weighted by Crippen LogP contribution is 2.19. The number of carbonyl (C=O) groups excluding carboxylic acids is 1. The van der Waals surface area contributed by atoms with Crippen LogP contribution in [-0.2, 0) is 21.4 Å². The fourth-order valence-electron chi connectivity index (χ4n) is 2.59. The van der Waals surface area contributed by atoms with Crippen LogP contribution in [0.25, 0.3) is 0 Å². The summed E-state index contributed by atoms with van der Waals surface area (Å²) in [7, 11) is -3.64. The van der Waals surface area contributed by atoms with Crippen LogP contribution in [0, 0.1) is 11.8 Å². The standard InChI is InChI=1S/C17H27N3O3S.ClH/c1-12(14-9-18-10-14)16(21)19-11-13-7-5-6-8-15(13)24(22,23)20-17(2,3)4;/h5-8,12,14,18,20H,9-11H2,1-4H3,(H,19,21);1H. The predicted octanol–water partition coefficient (Wildman–Crippen LogP) is 1.66. The highest BCUT2D eigenvalue weighted by atomic mass is 35.5. The van der Waals surface area contributed by atoms with Crippen LogP contribution < -0.4 is 15.4 Å². The number of sulfonamides is 1. The number of halogens is 1. The van der Waals surface area contributed by atoms with Gasteiger partial charge >= 0.3 is 0 Å². The monoisotopic (exact) mass is 389 g/mol. The molecule has 8 heteroatoms. The van der Waals surface area contributed by atoms with Gasteiger partial charge in [-0.1, -0.05) is 25.1 Å². The molecule has 2 rings (SSSR count). The molecule has 0 radical (unpaired) electrons. The molecule has 1 aromatic rings. The summed E-state index contributed by atoms with van der Waals surface area (Å²) in [6.45, 7) is 9.20. The number of amides is 1. The predicted molar refractivity (Wildman–Crippen MR) is 101 cm³/mol. The van der Waals surface area contributed by atoms with Gasteiger partial charge in [-0.2, -0.15) is 0 Å². The van der Waals surface area contributed by atoms with Crippen LogP contribution in [-0.4, -0.2) is 33.0 Å². The van der Waals surface area contributed by atoms with Crippen LogP contribution in [0.3, 0.4) is 0 Å². The van der Waals surface area contributed by atoms with Gasteiger partial charge in [-0.3, -0.25) is 4.79 Å². The first-order chi connectivity index (χ1) is 11.1. The molecule has 1 aliphatic rings. The summed E-state index contributed by atoms with van der Waals surface area (Å²) >= 11 is 0. The topological polar surface area (TPSA) is 87.3 Å². The third-order valence-electron chi connectivity index (χ3n) is 4.09. The maximum Gasteiger partial charge on any atom is 0.241 e. The zero-order valence-electron chi connectivity index (χ0n) is 15.1. The molecule has 1 aliphatic heterocycles. The van der Waals surface area contributed by atoms with E-state index in [0.29, 0.717) is 11.5 Å². The minimum atomic E-state index is -3.64. The first-order valence-corrected chi connectivity index (χ1v) is 9.69. The number of rotatable bonds is 6. The molecular formula is C17H28ClN3O3S. The van der Waals surface area contributed by atoms with E-state index in [9.17, 15) is 13.2 Å². The van der Waals surface area contributed by atoms with E-state index in [2.05, 4.69) is 15.4 Å². The average Bonchev–Trinajstić information content (AvgIpc) is 2.40. The second-order valence-electron chi connectivity index (χ2n) is 7.39. The molecule has 3 N–H and O–H groups in total. The van der Waals surface area contributed by atoms with Crippen molar-refractivity contribution in [2.24, 2.45) is 11.8 Å². The Balaban J connectivity index is 0.00000312. The lowest BCUT2D eigenvalue weighted by molar-refractivity contribution is -0.126. The second kappa shape index (κ2) is 8.49. The zero-order valence-corrected chi connectivity index (χ0v) is 16.8. The number of benzene rings is 1. The Hall–Kier alpha value is -1.15. The number of hydrogen-bond donors (Lipinski definition) is 3. The fourth-order valence-corrected chi connectivity index (χ4v) is 4.25. The largest absolute Gasteiger partial charge is 0.352 e. The van der Waals surface area contributed by atoms with E-state index < -0.39 is 15.6 Å². The van der Waals surface area contributed by atoms with E-state index in [-0.39, 0.29) is 35.7 Å². The molecule has 0 aromatic heterocycles. The summed E-state index contributed by atoms with van der Waals surface area (Å²) in [6.07, 6.45) is 0. The summed E-state index contributed by atoms with van der Waals surface area (Å²) < 4.78 is 27.8.